The summed E-state index contributed by atoms with van der Waals surface area (Å²) in [5, 5.41) is 7.46. The van der Waals surface area contributed by atoms with Gasteiger partial charge < -0.3 is 10.2 Å². The van der Waals surface area contributed by atoms with Gasteiger partial charge >= 0.3 is 0 Å². The average molecular weight is 435 g/mol. The van der Waals surface area contributed by atoms with Gasteiger partial charge in [-0.15, -0.1) is 0 Å². The van der Waals surface area contributed by atoms with Gasteiger partial charge in [-0.2, -0.15) is 5.10 Å². The number of aryl methyl sites for hydroxylation is 2. The predicted octanol–water partition coefficient (Wildman–Crippen LogP) is 2.98. The third-order valence-corrected chi connectivity index (χ3v) is 5.80. The van der Waals surface area contributed by atoms with Crippen molar-refractivity contribution in [3.8, 4) is 0 Å². The molecule has 166 valence electrons. The number of carbonyl (C=O) groups excluding carboxylic acids is 2. The molecule has 2 heterocycles. The minimum absolute atomic E-state index is 0.0347. The fraction of sp³-hybridized carbons (Fsp3) is 0.320. The largest absolute Gasteiger partial charge is 0.355 e. The summed E-state index contributed by atoms with van der Waals surface area (Å²) >= 11 is 0. The Hall–Kier alpha value is -3.48. The number of benzene rings is 2. The lowest BCUT2D eigenvalue weighted by atomic mass is 9.95. The maximum absolute atomic E-state index is 13.1. The molecular weight excluding hydrogens is 407 g/mol. The van der Waals surface area contributed by atoms with E-state index in [1.807, 2.05) is 43.6 Å². The number of fused-ring (bicyclic) bond motifs is 1. The van der Waals surface area contributed by atoms with E-state index in [2.05, 4.69) is 10.4 Å². The lowest BCUT2D eigenvalue weighted by Crippen LogP contribution is -2.44. The lowest BCUT2D eigenvalue weighted by molar-refractivity contribution is -0.133. The Kier molecular flexibility index (Phi) is 6.63. The average Bonchev–Trinajstić information content (AvgIpc) is 3.18. The molecule has 3 aromatic rings. The highest BCUT2D eigenvalue weighted by Crippen LogP contribution is 2.28. The van der Waals surface area contributed by atoms with Crippen LogP contribution in [0.4, 0.5) is 4.39 Å². The molecule has 0 bridgehead atoms. The van der Waals surface area contributed by atoms with Crippen LogP contribution >= 0.6 is 0 Å². The fourth-order valence-corrected chi connectivity index (χ4v) is 4.10. The molecule has 1 unspecified atom stereocenters. The van der Waals surface area contributed by atoms with E-state index in [0.29, 0.717) is 38.9 Å². The van der Waals surface area contributed by atoms with Gasteiger partial charge in [0.15, 0.2) is 0 Å². The number of aromatic nitrogens is 2. The van der Waals surface area contributed by atoms with Crippen LogP contribution in [0.3, 0.4) is 0 Å². The zero-order valence-corrected chi connectivity index (χ0v) is 18.1. The standard InChI is InChI=1S/C25H27FN4O2/c1-29-15-20-16-30(23(31)12-9-18-5-3-2-4-6-18)17-22(24(20)28-29)25(32)27-14-13-19-7-10-21(26)11-8-19/h2-8,10-11,15,22H,9,12-14,16-17H2,1H3,(H,27,32). The number of rotatable bonds is 7. The molecule has 0 radical (unpaired) electrons. The first-order chi connectivity index (χ1) is 15.5. The molecule has 2 aromatic carbocycles. The summed E-state index contributed by atoms with van der Waals surface area (Å²) in [6, 6.07) is 16.2. The molecule has 1 atom stereocenters. The molecule has 0 spiro atoms. The Bertz CT molecular complexity index is 1080. The number of amides is 2. The predicted molar refractivity (Wildman–Crippen MR) is 119 cm³/mol. The minimum atomic E-state index is -0.506. The van der Waals surface area contributed by atoms with E-state index >= 15 is 0 Å². The van der Waals surface area contributed by atoms with E-state index in [4.69, 9.17) is 0 Å². The molecule has 1 N–H and O–H groups in total. The Morgan fingerprint density at radius 3 is 2.53 bits per heavy atom. The van der Waals surface area contributed by atoms with Crippen LogP contribution in [-0.4, -0.2) is 39.6 Å². The van der Waals surface area contributed by atoms with Gasteiger partial charge in [-0.1, -0.05) is 42.5 Å². The van der Waals surface area contributed by atoms with Crippen LogP contribution in [0.1, 0.15) is 34.7 Å². The van der Waals surface area contributed by atoms with Crippen molar-refractivity contribution in [2.45, 2.75) is 31.7 Å². The fourth-order valence-electron chi connectivity index (χ4n) is 4.10. The highest BCUT2D eigenvalue weighted by Gasteiger charge is 2.34. The number of nitrogens with zero attached hydrogens (tertiary/aromatic N) is 3. The van der Waals surface area contributed by atoms with Gasteiger partial charge in [0.05, 0.1) is 11.6 Å². The highest BCUT2D eigenvalue weighted by molar-refractivity contribution is 5.86. The Labute approximate surface area is 187 Å². The van der Waals surface area contributed by atoms with Gasteiger partial charge in [-0.25, -0.2) is 4.39 Å². The number of nitrogens with one attached hydrogen (secondary N) is 1. The molecule has 0 aliphatic carbocycles. The summed E-state index contributed by atoms with van der Waals surface area (Å²) in [6.07, 6.45) is 3.56. The van der Waals surface area contributed by atoms with Gasteiger partial charge in [0.2, 0.25) is 11.8 Å². The summed E-state index contributed by atoms with van der Waals surface area (Å²) in [4.78, 5) is 27.7. The van der Waals surface area contributed by atoms with E-state index < -0.39 is 5.92 Å². The molecule has 4 rings (SSSR count). The number of carbonyl (C=O) groups is 2. The smallest absolute Gasteiger partial charge is 0.231 e. The summed E-state index contributed by atoms with van der Waals surface area (Å²) in [5.41, 5.74) is 3.71. The van der Waals surface area contributed by atoms with Gasteiger partial charge in [0.25, 0.3) is 0 Å². The van der Waals surface area contributed by atoms with Crippen molar-refractivity contribution in [1.29, 1.82) is 0 Å². The quantitative estimate of drug-likeness (QED) is 0.622. The van der Waals surface area contributed by atoms with Crippen molar-refractivity contribution in [3.05, 3.63) is 89.0 Å². The van der Waals surface area contributed by atoms with Crippen LogP contribution in [0.5, 0.6) is 0 Å². The summed E-state index contributed by atoms with van der Waals surface area (Å²) < 4.78 is 14.8. The molecule has 0 saturated carbocycles. The maximum Gasteiger partial charge on any atom is 0.231 e. The molecule has 7 heteroatoms. The van der Waals surface area contributed by atoms with Crippen LogP contribution < -0.4 is 5.32 Å². The van der Waals surface area contributed by atoms with E-state index in [0.717, 1.165) is 22.4 Å². The van der Waals surface area contributed by atoms with Gasteiger partial charge in [-0.05, 0) is 36.1 Å². The first kappa shape index (κ1) is 21.7. The first-order valence-corrected chi connectivity index (χ1v) is 10.9. The summed E-state index contributed by atoms with van der Waals surface area (Å²) in [5.74, 6) is -0.895. The number of hydrogen-bond acceptors (Lipinski definition) is 3. The normalized spacial score (nSPS) is 15.3. The van der Waals surface area contributed by atoms with E-state index in [1.54, 1.807) is 21.7 Å². The van der Waals surface area contributed by atoms with Gasteiger partial charge in [-0.3, -0.25) is 14.3 Å². The Balaban J connectivity index is 1.39. The van der Waals surface area contributed by atoms with Crippen molar-refractivity contribution in [2.24, 2.45) is 7.05 Å². The zero-order chi connectivity index (χ0) is 22.5. The zero-order valence-electron chi connectivity index (χ0n) is 18.1. The van der Waals surface area contributed by atoms with Crippen LogP contribution in [0.25, 0.3) is 0 Å². The van der Waals surface area contributed by atoms with E-state index in [1.165, 1.54) is 12.1 Å². The van der Waals surface area contributed by atoms with Crippen LogP contribution in [0.15, 0.2) is 60.8 Å². The number of halogens is 1. The topological polar surface area (TPSA) is 67.2 Å². The molecule has 6 nitrogen and oxygen atoms in total. The molecule has 0 saturated heterocycles. The molecule has 32 heavy (non-hydrogen) atoms. The maximum atomic E-state index is 13.1. The van der Waals surface area contributed by atoms with Gasteiger partial charge in [0, 0.05) is 44.9 Å². The van der Waals surface area contributed by atoms with Crippen molar-refractivity contribution in [3.63, 3.8) is 0 Å². The van der Waals surface area contributed by atoms with Crippen LogP contribution in [0, 0.1) is 5.82 Å². The Morgan fingerprint density at radius 2 is 1.78 bits per heavy atom. The third kappa shape index (κ3) is 5.22. The van der Waals surface area contributed by atoms with Crippen molar-refractivity contribution in [2.75, 3.05) is 13.1 Å². The van der Waals surface area contributed by atoms with Crippen molar-refractivity contribution >= 4 is 11.8 Å². The molecule has 2 amide bonds. The second-order valence-electron chi connectivity index (χ2n) is 8.19. The monoisotopic (exact) mass is 434 g/mol. The molecule has 1 aliphatic rings. The number of hydrogen-bond donors (Lipinski definition) is 1. The van der Waals surface area contributed by atoms with E-state index in [-0.39, 0.29) is 17.6 Å². The minimum Gasteiger partial charge on any atom is -0.355 e. The summed E-state index contributed by atoms with van der Waals surface area (Å²) in [6.45, 7) is 1.22. The first-order valence-electron chi connectivity index (χ1n) is 10.9. The second kappa shape index (κ2) is 9.77. The van der Waals surface area contributed by atoms with Crippen molar-refractivity contribution < 1.29 is 14.0 Å². The van der Waals surface area contributed by atoms with E-state index in [9.17, 15) is 14.0 Å². The molecule has 1 aliphatic heterocycles. The molecular formula is C25H27FN4O2. The Morgan fingerprint density at radius 1 is 1.06 bits per heavy atom. The lowest BCUT2D eigenvalue weighted by Gasteiger charge is -2.31. The summed E-state index contributed by atoms with van der Waals surface area (Å²) in [7, 11) is 1.82. The van der Waals surface area contributed by atoms with Crippen LogP contribution in [-0.2, 0) is 36.0 Å². The molecule has 0 fully saturated rings. The third-order valence-electron chi connectivity index (χ3n) is 5.80. The van der Waals surface area contributed by atoms with Crippen molar-refractivity contribution in [1.82, 2.24) is 20.0 Å². The van der Waals surface area contributed by atoms with Crippen LogP contribution in [0.2, 0.25) is 0 Å². The SMILES string of the molecule is Cn1cc2c(n1)C(C(=O)NCCc1ccc(F)cc1)CN(C(=O)CCc1ccccc1)C2. The highest BCUT2D eigenvalue weighted by atomic mass is 19.1. The second-order valence-corrected chi connectivity index (χ2v) is 8.19. The van der Waals surface area contributed by atoms with Gasteiger partial charge in [0.1, 0.15) is 5.82 Å². The molecule has 1 aromatic heterocycles.